The van der Waals surface area contributed by atoms with Gasteiger partial charge in [-0.15, -0.1) is 0 Å². The summed E-state index contributed by atoms with van der Waals surface area (Å²) in [5, 5.41) is 3.25. The topological polar surface area (TPSA) is 52.7 Å². The van der Waals surface area contributed by atoms with E-state index in [0.717, 1.165) is 51.6 Å². The van der Waals surface area contributed by atoms with Crippen molar-refractivity contribution in [2.45, 2.75) is 70.4 Å². The zero-order chi connectivity index (χ0) is 20.1. The van der Waals surface area contributed by atoms with Gasteiger partial charge in [-0.25, -0.2) is 4.79 Å². The fourth-order valence-electron chi connectivity index (χ4n) is 4.58. The minimum Gasteiger partial charge on any atom is -0.342 e. The maximum Gasteiger partial charge on any atom is 0.317 e. The zero-order valence-electron chi connectivity index (χ0n) is 17.6. The molecule has 1 aliphatic heterocycles. The van der Waals surface area contributed by atoms with E-state index in [2.05, 4.69) is 35.6 Å². The molecule has 154 valence electrons. The van der Waals surface area contributed by atoms with E-state index in [-0.39, 0.29) is 29.9 Å². The lowest BCUT2D eigenvalue weighted by Gasteiger charge is -2.38. The first-order chi connectivity index (χ1) is 13.5. The van der Waals surface area contributed by atoms with Gasteiger partial charge in [0.1, 0.15) is 0 Å². The number of rotatable bonds is 4. The standard InChI is InChI=1S/C23H35N3O2/c1-17(2)22(27)26-15-13-21(14-16-26)25(3)23(28)24-20-11-9-19(10-12-20)18-7-5-4-6-8-18/h4-8,17,19-21H,9-16H2,1-3H3,(H,24,28)/t19-,20+. The molecule has 2 fully saturated rings. The average Bonchev–Trinajstić information content (AvgIpc) is 2.74. The van der Waals surface area contributed by atoms with Crippen LogP contribution in [-0.2, 0) is 4.79 Å². The molecule has 0 aromatic heterocycles. The summed E-state index contributed by atoms with van der Waals surface area (Å²) < 4.78 is 0. The monoisotopic (exact) mass is 385 g/mol. The van der Waals surface area contributed by atoms with Gasteiger partial charge in [0.05, 0.1) is 0 Å². The van der Waals surface area contributed by atoms with Crippen LogP contribution in [0.4, 0.5) is 4.79 Å². The minimum atomic E-state index is 0.0387. The molecule has 1 aliphatic carbocycles. The third-order valence-electron chi connectivity index (χ3n) is 6.46. The molecule has 0 unspecified atom stereocenters. The second-order valence-electron chi connectivity index (χ2n) is 8.73. The van der Waals surface area contributed by atoms with Crippen molar-refractivity contribution in [2.75, 3.05) is 20.1 Å². The van der Waals surface area contributed by atoms with E-state index in [1.54, 1.807) is 0 Å². The number of nitrogens with zero attached hydrogens (tertiary/aromatic N) is 2. The number of carbonyl (C=O) groups excluding carboxylic acids is 2. The molecule has 28 heavy (non-hydrogen) atoms. The van der Waals surface area contributed by atoms with Crippen molar-refractivity contribution in [1.29, 1.82) is 0 Å². The van der Waals surface area contributed by atoms with E-state index in [1.807, 2.05) is 30.7 Å². The second kappa shape index (κ2) is 9.44. The highest BCUT2D eigenvalue weighted by Crippen LogP contribution is 2.32. The molecule has 2 aliphatic rings. The highest BCUT2D eigenvalue weighted by atomic mass is 16.2. The van der Waals surface area contributed by atoms with Gasteiger partial charge in [0, 0.05) is 38.1 Å². The van der Waals surface area contributed by atoms with Crippen molar-refractivity contribution in [1.82, 2.24) is 15.1 Å². The smallest absolute Gasteiger partial charge is 0.317 e. The molecule has 0 bridgehead atoms. The maximum atomic E-state index is 12.7. The molecule has 0 spiro atoms. The molecular formula is C23H35N3O2. The van der Waals surface area contributed by atoms with Crippen LogP contribution < -0.4 is 5.32 Å². The number of amides is 3. The zero-order valence-corrected chi connectivity index (χ0v) is 17.6. The van der Waals surface area contributed by atoms with Gasteiger partial charge in [-0.1, -0.05) is 44.2 Å². The van der Waals surface area contributed by atoms with E-state index in [0.29, 0.717) is 5.92 Å². The van der Waals surface area contributed by atoms with E-state index in [9.17, 15) is 9.59 Å². The number of likely N-dealkylation sites (tertiary alicyclic amines) is 1. The lowest BCUT2D eigenvalue weighted by molar-refractivity contribution is -0.135. The first kappa shape index (κ1) is 20.7. The summed E-state index contributed by atoms with van der Waals surface area (Å²) in [5.74, 6) is 0.888. The Morgan fingerprint density at radius 2 is 1.61 bits per heavy atom. The first-order valence-electron chi connectivity index (χ1n) is 10.8. The molecule has 1 aromatic rings. The van der Waals surface area contributed by atoms with Gasteiger partial charge in [-0.05, 0) is 50.0 Å². The normalized spacial score (nSPS) is 23.5. The Morgan fingerprint density at radius 3 is 2.18 bits per heavy atom. The Labute approximate surface area is 169 Å². The van der Waals surface area contributed by atoms with Crippen LogP contribution in [0.1, 0.15) is 63.9 Å². The van der Waals surface area contributed by atoms with Gasteiger partial charge < -0.3 is 15.1 Å². The first-order valence-corrected chi connectivity index (χ1v) is 10.8. The maximum absolute atomic E-state index is 12.7. The van der Waals surface area contributed by atoms with Crippen LogP contribution in [0.5, 0.6) is 0 Å². The molecule has 5 nitrogen and oxygen atoms in total. The molecular weight excluding hydrogens is 350 g/mol. The second-order valence-corrected chi connectivity index (χ2v) is 8.73. The Balaban J connectivity index is 1.42. The number of piperidine rings is 1. The highest BCUT2D eigenvalue weighted by Gasteiger charge is 2.30. The third-order valence-corrected chi connectivity index (χ3v) is 6.46. The number of urea groups is 1. The SMILES string of the molecule is CC(C)C(=O)N1CCC(N(C)C(=O)N[C@H]2CC[C@@H](c3ccccc3)CC2)CC1. The lowest BCUT2D eigenvalue weighted by Crippen LogP contribution is -2.52. The van der Waals surface area contributed by atoms with Crippen molar-refractivity contribution in [3.63, 3.8) is 0 Å². The van der Waals surface area contributed by atoms with Crippen molar-refractivity contribution >= 4 is 11.9 Å². The van der Waals surface area contributed by atoms with Crippen LogP contribution in [0, 0.1) is 5.92 Å². The van der Waals surface area contributed by atoms with Crippen LogP contribution in [0.2, 0.25) is 0 Å². The largest absolute Gasteiger partial charge is 0.342 e. The molecule has 0 atom stereocenters. The third kappa shape index (κ3) is 5.06. The number of hydrogen-bond donors (Lipinski definition) is 1. The van der Waals surface area contributed by atoms with Crippen molar-refractivity contribution in [3.8, 4) is 0 Å². The molecule has 1 saturated carbocycles. The summed E-state index contributed by atoms with van der Waals surface area (Å²) in [6.07, 6.45) is 6.08. The van der Waals surface area contributed by atoms with Crippen LogP contribution >= 0.6 is 0 Å². The molecule has 1 heterocycles. The summed E-state index contributed by atoms with van der Waals surface area (Å²) in [5.41, 5.74) is 1.42. The predicted octanol–water partition coefficient (Wildman–Crippen LogP) is 4.00. The van der Waals surface area contributed by atoms with E-state index in [1.165, 1.54) is 5.56 Å². The lowest BCUT2D eigenvalue weighted by atomic mass is 9.82. The van der Waals surface area contributed by atoms with Gasteiger partial charge >= 0.3 is 6.03 Å². The highest BCUT2D eigenvalue weighted by molar-refractivity contribution is 5.78. The van der Waals surface area contributed by atoms with Gasteiger partial charge in [-0.2, -0.15) is 0 Å². The van der Waals surface area contributed by atoms with Crippen molar-refractivity contribution in [3.05, 3.63) is 35.9 Å². The quantitative estimate of drug-likeness (QED) is 0.852. The Hall–Kier alpha value is -2.04. The van der Waals surface area contributed by atoms with Gasteiger partial charge in [-0.3, -0.25) is 4.79 Å². The molecule has 5 heteroatoms. The average molecular weight is 386 g/mol. The van der Waals surface area contributed by atoms with Crippen molar-refractivity contribution < 1.29 is 9.59 Å². The Morgan fingerprint density at radius 1 is 1.00 bits per heavy atom. The van der Waals surface area contributed by atoms with E-state index >= 15 is 0 Å². The van der Waals surface area contributed by atoms with Crippen LogP contribution in [0.3, 0.4) is 0 Å². The van der Waals surface area contributed by atoms with Gasteiger partial charge in [0.15, 0.2) is 0 Å². The van der Waals surface area contributed by atoms with Crippen LogP contribution in [-0.4, -0.2) is 54.0 Å². The molecule has 3 rings (SSSR count). The van der Waals surface area contributed by atoms with Gasteiger partial charge in [0.2, 0.25) is 5.91 Å². The number of hydrogen-bond acceptors (Lipinski definition) is 2. The number of carbonyl (C=O) groups is 2. The van der Waals surface area contributed by atoms with E-state index in [4.69, 9.17) is 0 Å². The number of nitrogens with one attached hydrogen (secondary N) is 1. The summed E-state index contributed by atoms with van der Waals surface area (Å²) in [7, 11) is 1.90. The fraction of sp³-hybridized carbons (Fsp3) is 0.652. The summed E-state index contributed by atoms with van der Waals surface area (Å²) in [4.78, 5) is 28.7. The summed E-state index contributed by atoms with van der Waals surface area (Å²) >= 11 is 0. The van der Waals surface area contributed by atoms with Gasteiger partial charge in [0.25, 0.3) is 0 Å². The molecule has 3 amide bonds. The Bertz CT molecular complexity index is 645. The molecule has 1 saturated heterocycles. The van der Waals surface area contributed by atoms with Crippen LogP contribution in [0.25, 0.3) is 0 Å². The molecule has 1 aromatic carbocycles. The van der Waals surface area contributed by atoms with Crippen molar-refractivity contribution in [2.24, 2.45) is 5.92 Å². The minimum absolute atomic E-state index is 0.0387. The predicted molar refractivity (Wildman–Crippen MR) is 112 cm³/mol. The van der Waals surface area contributed by atoms with E-state index < -0.39 is 0 Å². The molecule has 0 radical (unpaired) electrons. The number of benzene rings is 1. The fourth-order valence-corrected chi connectivity index (χ4v) is 4.58. The summed E-state index contributed by atoms with van der Waals surface area (Å²) in [6, 6.07) is 11.2. The summed E-state index contributed by atoms with van der Waals surface area (Å²) in [6.45, 7) is 5.39. The Kier molecular flexibility index (Phi) is 6.97. The molecule has 1 N–H and O–H groups in total. The van der Waals surface area contributed by atoms with Crippen LogP contribution in [0.15, 0.2) is 30.3 Å².